The standard InChI is InChI=1S/C19H24N2O2S/c1-14-10-15(2)12-16(11-14)19(23)21-7-5-20(6-8-21)13-17(22)18-4-3-9-24-18/h3-4,9-12,17,22H,5-8,13H2,1-2H3. The summed E-state index contributed by atoms with van der Waals surface area (Å²) in [5.74, 6) is 0.111. The highest BCUT2D eigenvalue weighted by Gasteiger charge is 2.24. The molecular formula is C19H24N2O2S. The number of carbonyl (C=O) groups excluding carboxylic acids is 1. The third kappa shape index (κ3) is 4.04. The summed E-state index contributed by atoms with van der Waals surface area (Å²) in [5, 5.41) is 12.2. The van der Waals surface area contributed by atoms with Crippen molar-refractivity contribution >= 4 is 17.2 Å². The quantitative estimate of drug-likeness (QED) is 0.927. The van der Waals surface area contributed by atoms with Crippen molar-refractivity contribution in [3.8, 4) is 0 Å². The number of β-amino-alcohol motifs (C(OH)–C–C–N with tert-alkyl or cyclic N) is 1. The summed E-state index contributed by atoms with van der Waals surface area (Å²) in [6.07, 6.45) is -0.438. The maximum atomic E-state index is 12.7. The van der Waals surface area contributed by atoms with Gasteiger partial charge in [0.05, 0.1) is 0 Å². The zero-order valence-corrected chi connectivity index (χ0v) is 15.1. The molecule has 0 bridgehead atoms. The molecule has 0 radical (unpaired) electrons. The Labute approximate surface area is 147 Å². The lowest BCUT2D eigenvalue weighted by Crippen LogP contribution is -2.49. The van der Waals surface area contributed by atoms with Gasteiger partial charge < -0.3 is 10.0 Å². The summed E-state index contributed by atoms with van der Waals surface area (Å²) in [6, 6.07) is 9.93. The molecule has 1 unspecified atom stereocenters. The van der Waals surface area contributed by atoms with Crippen molar-refractivity contribution in [1.82, 2.24) is 9.80 Å². The van der Waals surface area contributed by atoms with Gasteiger partial charge in [-0.3, -0.25) is 9.69 Å². The topological polar surface area (TPSA) is 43.8 Å². The Bertz CT molecular complexity index is 671. The number of aryl methyl sites for hydroxylation is 2. The van der Waals surface area contributed by atoms with Gasteiger partial charge in [0.1, 0.15) is 6.10 Å². The van der Waals surface area contributed by atoms with E-state index in [-0.39, 0.29) is 5.91 Å². The summed E-state index contributed by atoms with van der Waals surface area (Å²) in [7, 11) is 0. The van der Waals surface area contributed by atoms with Crippen LogP contribution in [0.4, 0.5) is 0 Å². The molecule has 1 saturated heterocycles. The fourth-order valence-corrected chi connectivity index (χ4v) is 3.93. The highest BCUT2D eigenvalue weighted by molar-refractivity contribution is 7.10. The molecule has 0 spiro atoms. The molecule has 1 N–H and O–H groups in total. The van der Waals surface area contributed by atoms with Crippen LogP contribution in [0.2, 0.25) is 0 Å². The molecule has 1 atom stereocenters. The Hall–Kier alpha value is -1.69. The molecule has 1 fully saturated rings. The first-order chi connectivity index (χ1) is 11.5. The number of aliphatic hydroxyl groups is 1. The van der Waals surface area contributed by atoms with Crippen molar-refractivity contribution in [3.63, 3.8) is 0 Å². The number of amides is 1. The first kappa shape index (κ1) is 17.1. The summed E-state index contributed by atoms with van der Waals surface area (Å²) in [6.45, 7) is 7.71. The largest absolute Gasteiger partial charge is 0.386 e. The fourth-order valence-electron chi connectivity index (χ4n) is 3.23. The molecule has 0 saturated carbocycles. The van der Waals surface area contributed by atoms with Gasteiger partial charge in [0, 0.05) is 43.2 Å². The molecular weight excluding hydrogens is 320 g/mol. The van der Waals surface area contributed by atoms with E-state index in [1.165, 1.54) is 0 Å². The first-order valence-corrected chi connectivity index (χ1v) is 9.22. The van der Waals surface area contributed by atoms with Crippen LogP contribution in [0.15, 0.2) is 35.7 Å². The predicted molar refractivity (Wildman–Crippen MR) is 97.5 cm³/mol. The molecule has 1 aliphatic heterocycles. The summed E-state index contributed by atoms with van der Waals surface area (Å²) >= 11 is 1.58. The normalized spacial score (nSPS) is 17.0. The van der Waals surface area contributed by atoms with Gasteiger partial charge in [-0.05, 0) is 37.4 Å². The predicted octanol–water partition coefficient (Wildman–Crippen LogP) is 2.86. The zero-order valence-electron chi connectivity index (χ0n) is 14.2. The Balaban J connectivity index is 1.55. The summed E-state index contributed by atoms with van der Waals surface area (Å²) < 4.78 is 0. The van der Waals surface area contributed by atoms with Crippen LogP contribution in [-0.2, 0) is 0 Å². The Morgan fingerprint density at radius 1 is 1.17 bits per heavy atom. The van der Waals surface area contributed by atoms with Crippen molar-refractivity contribution in [3.05, 3.63) is 57.3 Å². The van der Waals surface area contributed by atoms with E-state index in [0.717, 1.165) is 34.7 Å². The van der Waals surface area contributed by atoms with Gasteiger partial charge in [0.2, 0.25) is 0 Å². The van der Waals surface area contributed by atoms with Gasteiger partial charge in [-0.15, -0.1) is 11.3 Å². The van der Waals surface area contributed by atoms with Crippen molar-refractivity contribution < 1.29 is 9.90 Å². The zero-order chi connectivity index (χ0) is 17.1. The van der Waals surface area contributed by atoms with Gasteiger partial charge in [-0.2, -0.15) is 0 Å². The minimum Gasteiger partial charge on any atom is -0.386 e. The van der Waals surface area contributed by atoms with E-state index in [1.807, 2.05) is 48.4 Å². The maximum Gasteiger partial charge on any atom is 0.253 e. The molecule has 3 rings (SSSR count). The number of rotatable bonds is 4. The third-order valence-electron chi connectivity index (χ3n) is 4.43. The molecule has 128 valence electrons. The average molecular weight is 344 g/mol. The molecule has 2 aromatic rings. The number of nitrogens with zero attached hydrogens (tertiary/aromatic N) is 2. The number of aliphatic hydroxyl groups excluding tert-OH is 1. The molecule has 4 nitrogen and oxygen atoms in total. The lowest BCUT2D eigenvalue weighted by Gasteiger charge is -2.35. The molecule has 0 aliphatic carbocycles. The van der Waals surface area contributed by atoms with Gasteiger partial charge >= 0.3 is 0 Å². The van der Waals surface area contributed by atoms with Gasteiger partial charge in [-0.25, -0.2) is 0 Å². The van der Waals surface area contributed by atoms with Crippen LogP contribution < -0.4 is 0 Å². The second-order valence-corrected chi connectivity index (χ2v) is 7.48. The van der Waals surface area contributed by atoms with Crippen LogP contribution in [0.3, 0.4) is 0 Å². The van der Waals surface area contributed by atoms with Gasteiger partial charge in [0.25, 0.3) is 5.91 Å². The van der Waals surface area contributed by atoms with Crippen molar-refractivity contribution in [2.45, 2.75) is 20.0 Å². The minimum absolute atomic E-state index is 0.111. The lowest BCUT2D eigenvalue weighted by molar-refractivity contribution is 0.0532. The Kier molecular flexibility index (Phi) is 5.33. The molecule has 1 aromatic carbocycles. The van der Waals surface area contributed by atoms with E-state index in [2.05, 4.69) is 11.0 Å². The van der Waals surface area contributed by atoms with Crippen LogP contribution in [-0.4, -0.2) is 53.5 Å². The molecule has 1 aliphatic rings. The van der Waals surface area contributed by atoms with Crippen molar-refractivity contribution in [1.29, 1.82) is 0 Å². The van der Waals surface area contributed by atoms with Gasteiger partial charge in [-0.1, -0.05) is 23.3 Å². The number of carbonyl (C=O) groups is 1. The van der Waals surface area contributed by atoms with E-state index in [9.17, 15) is 9.90 Å². The highest BCUT2D eigenvalue weighted by Crippen LogP contribution is 2.20. The van der Waals surface area contributed by atoms with E-state index >= 15 is 0 Å². The average Bonchev–Trinajstić information content (AvgIpc) is 3.08. The second-order valence-electron chi connectivity index (χ2n) is 6.50. The third-order valence-corrected chi connectivity index (χ3v) is 5.40. The monoisotopic (exact) mass is 344 g/mol. The number of piperazine rings is 1. The van der Waals surface area contributed by atoms with E-state index in [4.69, 9.17) is 0 Å². The molecule has 24 heavy (non-hydrogen) atoms. The SMILES string of the molecule is Cc1cc(C)cc(C(=O)N2CCN(CC(O)c3cccs3)CC2)c1. The Morgan fingerprint density at radius 3 is 2.42 bits per heavy atom. The molecule has 5 heteroatoms. The number of hydrogen-bond donors (Lipinski definition) is 1. The number of benzene rings is 1. The van der Waals surface area contributed by atoms with E-state index < -0.39 is 6.10 Å². The number of thiophene rings is 1. The number of hydrogen-bond acceptors (Lipinski definition) is 4. The van der Waals surface area contributed by atoms with Crippen LogP contribution >= 0.6 is 11.3 Å². The minimum atomic E-state index is -0.438. The fraction of sp³-hybridized carbons (Fsp3) is 0.421. The van der Waals surface area contributed by atoms with E-state index in [1.54, 1.807) is 11.3 Å². The van der Waals surface area contributed by atoms with Gasteiger partial charge in [0.15, 0.2) is 0 Å². The summed E-state index contributed by atoms with van der Waals surface area (Å²) in [5.41, 5.74) is 3.02. The van der Waals surface area contributed by atoms with E-state index in [0.29, 0.717) is 19.6 Å². The second kappa shape index (κ2) is 7.47. The molecule has 1 amide bonds. The lowest BCUT2D eigenvalue weighted by atomic mass is 10.1. The van der Waals surface area contributed by atoms with Crippen LogP contribution in [0.25, 0.3) is 0 Å². The molecule has 2 heterocycles. The van der Waals surface area contributed by atoms with Crippen LogP contribution in [0.1, 0.15) is 32.5 Å². The smallest absolute Gasteiger partial charge is 0.253 e. The van der Waals surface area contributed by atoms with Crippen LogP contribution in [0.5, 0.6) is 0 Å². The Morgan fingerprint density at radius 2 is 1.83 bits per heavy atom. The van der Waals surface area contributed by atoms with Crippen molar-refractivity contribution in [2.75, 3.05) is 32.7 Å². The molecule has 1 aromatic heterocycles. The summed E-state index contributed by atoms with van der Waals surface area (Å²) in [4.78, 5) is 17.8. The highest BCUT2D eigenvalue weighted by atomic mass is 32.1. The maximum absolute atomic E-state index is 12.7. The van der Waals surface area contributed by atoms with Crippen LogP contribution in [0, 0.1) is 13.8 Å². The van der Waals surface area contributed by atoms with Crippen molar-refractivity contribution in [2.24, 2.45) is 0 Å². The first-order valence-electron chi connectivity index (χ1n) is 8.34.